The van der Waals surface area contributed by atoms with Crippen LogP contribution in [0.5, 0.6) is 0 Å². The van der Waals surface area contributed by atoms with Crippen LogP contribution in [0.2, 0.25) is 19.6 Å². The maximum atomic E-state index is 3.33. The van der Waals surface area contributed by atoms with Crippen LogP contribution in [0.3, 0.4) is 0 Å². The van der Waals surface area contributed by atoms with Gasteiger partial charge in [0.05, 0.1) is 0 Å². The smallest absolute Gasteiger partial charge is 0.127 e. The highest BCUT2D eigenvalue weighted by atomic mass is 127. The molecular weight excluding hydrogens is 263 g/mol. The van der Waals surface area contributed by atoms with Crippen LogP contribution in [0, 0.1) is 11.5 Å². The molecule has 58 valence electrons. The lowest BCUT2D eigenvalue weighted by molar-refractivity contribution is 1.64. The predicted molar refractivity (Wildman–Crippen MR) is 61.3 cm³/mol. The van der Waals surface area contributed by atoms with Gasteiger partial charge in [-0.1, -0.05) is 25.6 Å². The van der Waals surface area contributed by atoms with Crippen molar-refractivity contribution in [1.82, 2.24) is 0 Å². The molecule has 0 aromatic rings. The Morgan fingerprint density at radius 2 is 1.91 bits per heavy atom. The van der Waals surface area contributed by atoms with Gasteiger partial charge in [0.25, 0.3) is 0 Å². The Kier molecular flexibility index (Phi) is 2.60. The molecule has 0 amide bonds. The van der Waals surface area contributed by atoms with Gasteiger partial charge in [-0.15, -0.1) is 5.54 Å². The Morgan fingerprint density at radius 1 is 1.27 bits per heavy atom. The molecule has 0 aromatic heterocycles. The number of allylic oxidation sites excluding steroid dienone is 4. The van der Waals surface area contributed by atoms with E-state index in [0.717, 1.165) is 0 Å². The zero-order valence-corrected chi connectivity index (χ0v) is 10.2. The van der Waals surface area contributed by atoms with Crippen molar-refractivity contribution in [3.63, 3.8) is 0 Å². The third-order valence-electron chi connectivity index (χ3n) is 1.23. The first-order valence-corrected chi connectivity index (χ1v) is 8.18. The molecule has 0 atom stereocenters. The zero-order valence-electron chi connectivity index (χ0n) is 7.03. The third kappa shape index (κ3) is 2.84. The van der Waals surface area contributed by atoms with Crippen molar-refractivity contribution in [3.05, 3.63) is 21.3 Å². The molecule has 1 rings (SSSR count). The van der Waals surface area contributed by atoms with E-state index in [0.29, 0.717) is 0 Å². The lowest BCUT2D eigenvalue weighted by atomic mass is 10.1. The van der Waals surface area contributed by atoms with E-state index in [2.05, 4.69) is 65.8 Å². The van der Waals surface area contributed by atoms with Crippen molar-refractivity contribution >= 4 is 30.7 Å². The fourth-order valence-electron chi connectivity index (χ4n) is 0.586. The SMILES string of the molecule is C[Si](C)(C)C#CC1=C(I)C=C1. The minimum absolute atomic E-state index is 1.16. The van der Waals surface area contributed by atoms with Gasteiger partial charge in [0.2, 0.25) is 0 Å². The highest BCUT2D eigenvalue weighted by molar-refractivity contribution is 14.1. The molecule has 1 aliphatic carbocycles. The second-order valence-electron chi connectivity index (χ2n) is 3.59. The average Bonchev–Trinajstić information content (AvgIpc) is 1.82. The van der Waals surface area contributed by atoms with Crippen LogP contribution in [-0.4, -0.2) is 8.07 Å². The number of hydrogen-bond donors (Lipinski definition) is 0. The summed E-state index contributed by atoms with van der Waals surface area (Å²) in [6.07, 6.45) is 4.17. The molecule has 0 radical (unpaired) electrons. The second-order valence-corrected chi connectivity index (χ2v) is 9.51. The maximum absolute atomic E-state index is 3.33. The Bertz CT molecular complexity index is 281. The summed E-state index contributed by atoms with van der Waals surface area (Å²) in [4.78, 5) is 0. The predicted octanol–water partition coefficient (Wildman–Crippen LogP) is 3.13. The largest absolute Gasteiger partial charge is 0.129 e. The highest BCUT2D eigenvalue weighted by Crippen LogP contribution is 2.23. The van der Waals surface area contributed by atoms with Crippen molar-refractivity contribution in [2.45, 2.75) is 19.6 Å². The van der Waals surface area contributed by atoms with Crippen molar-refractivity contribution in [3.8, 4) is 11.5 Å². The topological polar surface area (TPSA) is 0 Å². The summed E-state index contributed by atoms with van der Waals surface area (Å²) >= 11 is 2.31. The summed E-state index contributed by atoms with van der Waals surface area (Å²) in [5.74, 6) is 3.21. The minimum Gasteiger partial charge on any atom is -0.127 e. The summed E-state index contributed by atoms with van der Waals surface area (Å²) in [6.45, 7) is 6.78. The summed E-state index contributed by atoms with van der Waals surface area (Å²) in [5.41, 5.74) is 4.54. The summed E-state index contributed by atoms with van der Waals surface area (Å²) in [5, 5.41) is 0. The van der Waals surface area contributed by atoms with E-state index in [4.69, 9.17) is 0 Å². The van der Waals surface area contributed by atoms with Crippen LogP contribution in [0.1, 0.15) is 0 Å². The zero-order chi connectivity index (χ0) is 8.48. The van der Waals surface area contributed by atoms with Gasteiger partial charge in [-0.05, 0) is 34.7 Å². The van der Waals surface area contributed by atoms with E-state index in [1.54, 1.807) is 0 Å². The van der Waals surface area contributed by atoms with Gasteiger partial charge in [-0.3, -0.25) is 0 Å². The molecule has 0 unspecified atom stereocenters. The standard InChI is InChI=1S/C9H11ISi/c1-11(2,3)7-6-8-4-5-9(8)10/h4-5H,1-3H3. The van der Waals surface area contributed by atoms with Crippen molar-refractivity contribution < 1.29 is 0 Å². The Hall–Kier alpha value is -0.0131. The molecule has 0 aliphatic heterocycles. The van der Waals surface area contributed by atoms with E-state index in [9.17, 15) is 0 Å². The van der Waals surface area contributed by atoms with E-state index >= 15 is 0 Å². The van der Waals surface area contributed by atoms with Gasteiger partial charge in [0.1, 0.15) is 8.07 Å². The first kappa shape index (κ1) is 9.08. The average molecular weight is 274 g/mol. The summed E-state index contributed by atoms with van der Waals surface area (Å²) in [6, 6.07) is 0. The lowest BCUT2D eigenvalue weighted by Gasteiger charge is -2.06. The molecule has 1 aliphatic rings. The van der Waals surface area contributed by atoms with Crippen LogP contribution in [0.15, 0.2) is 21.3 Å². The lowest BCUT2D eigenvalue weighted by Crippen LogP contribution is -2.16. The molecule has 0 aromatic carbocycles. The van der Waals surface area contributed by atoms with Crippen LogP contribution in [-0.2, 0) is 0 Å². The first-order chi connectivity index (χ1) is 4.99. The molecular formula is C9H11ISi. The highest BCUT2D eigenvalue weighted by Gasteiger charge is 2.09. The fourth-order valence-corrected chi connectivity index (χ4v) is 1.59. The Balaban J connectivity index is 2.67. The first-order valence-electron chi connectivity index (χ1n) is 3.60. The van der Waals surface area contributed by atoms with E-state index in [-0.39, 0.29) is 0 Å². The van der Waals surface area contributed by atoms with E-state index in [1.165, 1.54) is 9.15 Å². The van der Waals surface area contributed by atoms with Crippen LogP contribution in [0.25, 0.3) is 0 Å². The van der Waals surface area contributed by atoms with Gasteiger partial charge in [0.15, 0.2) is 0 Å². The Morgan fingerprint density at radius 3 is 2.18 bits per heavy atom. The summed E-state index contributed by atoms with van der Waals surface area (Å²) < 4.78 is 1.30. The van der Waals surface area contributed by atoms with Crippen molar-refractivity contribution in [1.29, 1.82) is 0 Å². The van der Waals surface area contributed by atoms with Gasteiger partial charge in [-0.25, -0.2) is 0 Å². The summed E-state index contributed by atoms with van der Waals surface area (Å²) in [7, 11) is -1.16. The molecule has 0 fully saturated rings. The normalized spacial score (nSPS) is 15.6. The molecule has 2 heteroatoms. The molecule has 0 heterocycles. The molecule has 0 saturated heterocycles. The Labute approximate surface area is 82.9 Å². The minimum atomic E-state index is -1.16. The number of halogens is 1. The maximum Gasteiger partial charge on any atom is 0.129 e. The molecule has 0 bridgehead atoms. The van der Waals surface area contributed by atoms with Gasteiger partial charge in [-0.2, -0.15) is 0 Å². The van der Waals surface area contributed by atoms with Crippen molar-refractivity contribution in [2.75, 3.05) is 0 Å². The molecule has 11 heavy (non-hydrogen) atoms. The monoisotopic (exact) mass is 274 g/mol. The van der Waals surface area contributed by atoms with Crippen molar-refractivity contribution in [2.24, 2.45) is 0 Å². The van der Waals surface area contributed by atoms with Crippen LogP contribution in [0.4, 0.5) is 0 Å². The molecule has 0 N–H and O–H groups in total. The number of hydrogen-bond acceptors (Lipinski definition) is 0. The quantitative estimate of drug-likeness (QED) is 0.362. The molecule has 0 spiro atoms. The van der Waals surface area contributed by atoms with Gasteiger partial charge >= 0.3 is 0 Å². The second kappa shape index (κ2) is 3.16. The molecule has 0 saturated carbocycles. The molecule has 0 nitrogen and oxygen atoms in total. The van der Waals surface area contributed by atoms with Gasteiger partial charge < -0.3 is 0 Å². The third-order valence-corrected chi connectivity index (χ3v) is 3.04. The van der Waals surface area contributed by atoms with E-state index < -0.39 is 8.07 Å². The van der Waals surface area contributed by atoms with Gasteiger partial charge in [0, 0.05) is 9.15 Å². The van der Waals surface area contributed by atoms with Crippen LogP contribution >= 0.6 is 22.6 Å². The fraction of sp³-hybridized carbons (Fsp3) is 0.333. The van der Waals surface area contributed by atoms with Crippen LogP contribution < -0.4 is 0 Å². The number of rotatable bonds is 0. The van der Waals surface area contributed by atoms with E-state index in [1.807, 2.05) is 0 Å².